The molecule has 0 fully saturated rings. The van der Waals surface area contributed by atoms with E-state index < -0.39 is 35.8 Å². The number of rotatable bonds is 29. The predicted molar refractivity (Wildman–Crippen MR) is 310 cm³/mol. The van der Waals surface area contributed by atoms with E-state index in [-0.39, 0.29) is 109 Å². The summed E-state index contributed by atoms with van der Waals surface area (Å²) in [5.74, 6) is -2.58. The molecule has 1 atom stereocenters. The lowest BCUT2D eigenvalue weighted by atomic mass is 10.0. The smallest absolute Gasteiger partial charge is 0.407 e. The van der Waals surface area contributed by atoms with Gasteiger partial charge in [0.2, 0.25) is 35.5 Å². The highest BCUT2D eigenvalue weighted by Crippen LogP contribution is 2.33. The Morgan fingerprint density at radius 1 is 0.655 bits per heavy atom. The average Bonchev–Trinajstić information content (AvgIpc) is 2.46. The summed E-state index contributed by atoms with van der Waals surface area (Å²) in [4.78, 5) is 111. The van der Waals surface area contributed by atoms with Gasteiger partial charge in [-0.1, -0.05) is 31.2 Å². The molecule has 0 aliphatic rings. The minimum atomic E-state index is -0.759. The first-order valence-corrected chi connectivity index (χ1v) is 27.1. The van der Waals surface area contributed by atoms with Gasteiger partial charge in [0.15, 0.2) is 0 Å². The van der Waals surface area contributed by atoms with Gasteiger partial charge in [0, 0.05) is 75.0 Å². The summed E-state index contributed by atoms with van der Waals surface area (Å²) in [6, 6.07) is 15.4. The molecule has 0 radical (unpaired) electrons. The molecule has 12 N–H and O–H groups in total. The second-order valence-electron chi connectivity index (χ2n) is 19.4. The number of ether oxygens (including phenoxy) is 3. The van der Waals surface area contributed by atoms with Crippen LogP contribution in [0.1, 0.15) is 105 Å². The van der Waals surface area contributed by atoms with Crippen molar-refractivity contribution < 1.29 is 52.6 Å². The number of amides is 9. The second-order valence-corrected chi connectivity index (χ2v) is 19.4. The van der Waals surface area contributed by atoms with E-state index in [0.717, 1.165) is 0 Å². The molecule has 0 spiro atoms. The number of hydrogen-bond acceptors (Lipinski definition) is 15. The van der Waals surface area contributed by atoms with Gasteiger partial charge in [0.25, 0.3) is 11.8 Å². The molecule has 444 valence electrons. The van der Waals surface area contributed by atoms with Gasteiger partial charge >= 0.3 is 12.1 Å². The van der Waals surface area contributed by atoms with Crippen LogP contribution < -0.4 is 58.6 Å². The summed E-state index contributed by atoms with van der Waals surface area (Å²) < 4.78 is 23.8. The number of nitrogens with zero attached hydrogens (tertiary/aromatic N) is 8. The maximum atomic E-state index is 13.9. The number of carbonyl (C=O) groups is 8. The van der Waals surface area contributed by atoms with Crippen LogP contribution in [0.2, 0.25) is 0 Å². The number of nitrogens with two attached hydrogens (primary N) is 3. The van der Waals surface area contributed by atoms with Crippen LogP contribution in [0, 0.1) is 19.8 Å². The number of primary amides is 3. The number of alkyl carbamates (subject to hydrolysis) is 1. The van der Waals surface area contributed by atoms with Crippen molar-refractivity contribution in [2.45, 2.75) is 93.1 Å². The summed E-state index contributed by atoms with van der Waals surface area (Å²) in [5.41, 5.74) is 21.3. The number of methoxy groups -OCH3 is 1. The molecule has 9 amide bonds. The zero-order chi connectivity index (χ0) is 60.6. The summed E-state index contributed by atoms with van der Waals surface area (Å²) in [6.07, 6.45) is 4.26. The first-order chi connectivity index (χ1) is 40.3. The molecule has 0 saturated carbocycles. The van der Waals surface area contributed by atoms with E-state index >= 15 is 0 Å². The van der Waals surface area contributed by atoms with Crippen LogP contribution in [-0.4, -0.2) is 120 Å². The highest BCUT2D eigenvalue weighted by molar-refractivity contribution is 6.05. The highest BCUT2D eigenvalue weighted by Gasteiger charge is 2.24. The van der Waals surface area contributed by atoms with Gasteiger partial charge in [-0.15, -0.1) is 0 Å². The van der Waals surface area contributed by atoms with Crippen LogP contribution in [0.4, 0.5) is 27.2 Å². The Balaban J connectivity index is 1.01. The molecule has 0 aliphatic carbocycles. The number of urea groups is 1. The minimum absolute atomic E-state index is 0.00689. The lowest BCUT2D eigenvalue weighted by Crippen LogP contribution is -2.31. The number of hydrogen-bond donors (Lipinski definition) is 9. The van der Waals surface area contributed by atoms with E-state index in [1.165, 1.54) is 31.4 Å². The molecule has 0 unspecified atom stereocenters. The minimum Gasteiger partial charge on any atom is -0.494 e. The van der Waals surface area contributed by atoms with Gasteiger partial charge < -0.3 is 61.8 Å². The molecular weight excluding hydrogens is 1090 g/mol. The van der Waals surface area contributed by atoms with E-state index in [2.05, 4.69) is 47.1 Å². The van der Waals surface area contributed by atoms with E-state index in [1.807, 2.05) is 13.8 Å². The Labute approximate surface area is 482 Å². The molecule has 84 heavy (non-hydrogen) atoms. The first kappa shape index (κ1) is 61.3. The number of nitrogens with one attached hydrogen (secondary N) is 6. The third kappa shape index (κ3) is 15.8. The van der Waals surface area contributed by atoms with E-state index in [1.54, 1.807) is 87.8 Å². The summed E-state index contributed by atoms with van der Waals surface area (Å²) in [5, 5.41) is 25.3. The van der Waals surface area contributed by atoms with Crippen molar-refractivity contribution in [1.82, 2.24) is 54.6 Å². The maximum absolute atomic E-state index is 13.9. The van der Waals surface area contributed by atoms with Gasteiger partial charge in [-0.2, -0.15) is 10.2 Å². The number of fused-ring (bicyclic) bond motifs is 2. The molecule has 0 aliphatic heterocycles. The third-order valence-corrected chi connectivity index (χ3v) is 13.1. The molecule has 7 rings (SSSR count). The van der Waals surface area contributed by atoms with Gasteiger partial charge in [0.1, 0.15) is 40.5 Å². The topological polar surface area (TPSA) is 386 Å². The monoisotopic (exact) mass is 1160 g/mol. The van der Waals surface area contributed by atoms with Gasteiger partial charge in [-0.05, 0) is 101 Å². The SMILES string of the molecule is CCn1nc(C)cc1C(=O)Nc1nc2cc(C(N)=O)cc(OC)c2n1C/C=C/Cn1c(NC(=O)c2cc(C)nn2CC)nc2cc(C(N)=O)cc(OCCCNC(=O)CCNC(=O)OCc3ccc(NC(=O)[C@@H](C)CCCNC(N)=O)cc3)c21. The number of benzene rings is 3. The van der Waals surface area contributed by atoms with E-state index in [4.69, 9.17) is 36.4 Å². The fourth-order valence-corrected chi connectivity index (χ4v) is 8.94. The number of allylic oxidation sites excluding steroid dienone is 2. The van der Waals surface area contributed by atoms with E-state index in [0.29, 0.717) is 83.8 Å². The van der Waals surface area contributed by atoms with Crippen LogP contribution in [0.25, 0.3) is 22.1 Å². The Bertz CT molecular complexity index is 3610. The lowest BCUT2D eigenvalue weighted by molar-refractivity contribution is -0.121. The van der Waals surface area contributed by atoms with Crippen LogP contribution >= 0.6 is 0 Å². The fourth-order valence-electron chi connectivity index (χ4n) is 8.94. The summed E-state index contributed by atoms with van der Waals surface area (Å²) in [7, 11) is 1.43. The largest absolute Gasteiger partial charge is 0.494 e. The number of aryl methyl sites for hydroxylation is 4. The van der Waals surface area contributed by atoms with E-state index in [9.17, 15) is 38.4 Å². The van der Waals surface area contributed by atoms with Crippen molar-refractivity contribution in [2.75, 3.05) is 49.3 Å². The first-order valence-electron chi connectivity index (χ1n) is 27.1. The van der Waals surface area contributed by atoms with Gasteiger partial charge in [-0.25, -0.2) is 19.6 Å². The maximum Gasteiger partial charge on any atom is 0.407 e. The van der Waals surface area contributed by atoms with Crippen LogP contribution in [-0.2, 0) is 47.1 Å². The normalized spacial score (nSPS) is 11.5. The molecule has 4 aromatic heterocycles. The van der Waals surface area contributed by atoms with Crippen molar-refractivity contribution in [3.05, 3.63) is 112 Å². The zero-order valence-corrected chi connectivity index (χ0v) is 47.5. The number of carbonyl (C=O) groups excluding carboxylic acids is 8. The summed E-state index contributed by atoms with van der Waals surface area (Å²) >= 11 is 0. The van der Waals surface area contributed by atoms with Gasteiger partial charge in [-0.3, -0.25) is 48.8 Å². The zero-order valence-electron chi connectivity index (χ0n) is 47.5. The van der Waals surface area contributed by atoms with Crippen LogP contribution in [0.5, 0.6) is 11.5 Å². The lowest BCUT2D eigenvalue weighted by Gasteiger charge is -2.13. The van der Waals surface area contributed by atoms with Crippen molar-refractivity contribution in [3.63, 3.8) is 0 Å². The number of anilines is 3. The Morgan fingerprint density at radius 3 is 1.71 bits per heavy atom. The van der Waals surface area contributed by atoms with Crippen molar-refractivity contribution in [3.8, 4) is 11.5 Å². The Kier molecular flexibility index (Phi) is 20.8. The molecule has 28 nitrogen and oxygen atoms in total. The van der Waals surface area contributed by atoms with Crippen LogP contribution in [0.3, 0.4) is 0 Å². The molecule has 0 bridgehead atoms. The standard InChI is InChI=1S/C56H69N17O11/c1-7-72-41(25-33(4)68-72)51(78)66-54-64-39-27-36(48(57)75)29-43(82-6)46(39)70(54)22-9-10-23-71-47-40(65-55(71)67-52(79)42-26-34(5)69-73(42)8-2)28-37(49(58)76)30-44(47)83-24-12-20-60-45(74)18-21-62-56(81)84-31-35-14-16-38(17-15-35)63-50(77)32(3)13-11-19-61-53(59)80/h9-10,14-17,25-30,32H,7-8,11-13,18-24,31H2,1-6H3,(H2,57,75)(H2,58,76)(H,60,74)(H,62,81)(H,63,77)(H3,59,61,80)(H,64,66,78)(H,65,67,79)/b10-9+/t32-/m0/s1. The average molecular weight is 1160 g/mol. The van der Waals surface area contributed by atoms with Crippen molar-refractivity contribution >= 4 is 87.2 Å². The Morgan fingerprint density at radius 2 is 1.19 bits per heavy atom. The van der Waals surface area contributed by atoms with Crippen LogP contribution in [0.15, 0.2) is 72.8 Å². The summed E-state index contributed by atoms with van der Waals surface area (Å²) in [6.45, 7) is 10.6. The van der Waals surface area contributed by atoms with Gasteiger partial charge in [0.05, 0.1) is 36.1 Å². The molecule has 0 saturated heterocycles. The third-order valence-electron chi connectivity index (χ3n) is 13.1. The molecule has 3 aromatic carbocycles. The molecule has 28 heteroatoms. The Hall–Kier alpha value is -10.3. The molecule has 4 heterocycles. The fraction of sp³-hybridized carbons (Fsp3) is 0.357. The second kappa shape index (κ2) is 28.4. The quantitative estimate of drug-likeness (QED) is 0.0228. The van der Waals surface area contributed by atoms with Crippen molar-refractivity contribution in [1.29, 1.82) is 0 Å². The number of imidazole rings is 2. The number of aromatic nitrogens is 8. The molecular formula is C56H69N17O11. The highest BCUT2D eigenvalue weighted by atomic mass is 16.5. The molecule has 7 aromatic rings. The van der Waals surface area contributed by atoms with Crippen molar-refractivity contribution in [2.24, 2.45) is 23.1 Å². The predicted octanol–water partition coefficient (Wildman–Crippen LogP) is 4.63.